The number of anilines is 1. The van der Waals surface area contributed by atoms with E-state index in [4.69, 9.17) is 4.74 Å². The van der Waals surface area contributed by atoms with Gasteiger partial charge >= 0.3 is 5.69 Å². The van der Waals surface area contributed by atoms with Gasteiger partial charge in [-0.05, 0) is 23.3 Å². The molecule has 0 aliphatic rings. The van der Waals surface area contributed by atoms with Gasteiger partial charge in [0.25, 0.3) is 5.56 Å². The molecule has 0 saturated heterocycles. The van der Waals surface area contributed by atoms with Gasteiger partial charge in [0.05, 0.1) is 13.7 Å². The number of hydrogen-bond acceptors (Lipinski definition) is 5. The molecule has 0 saturated carbocycles. The molecule has 0 radical (unpaired) electrons. The van der Waals surface area contributed by atoms with Gasteiger partial charge in [-0.2, -0.15) is 4.98 Å². The minimum atomic E-state index is -0.404. The maximum atomic E-state index is 12.9. The molecule has 4 rings (SSSR count). The molecule has 1 N–H and O–H groups in total. The van der Waals surface area contributed by atoms with Gasteiger partial charge in [0.2, 0.25) is 5.95 Å². The van der Waals surface area contributed by atoms with Crippen molar-refractivity contribution in [1.29, 1.82) is 0 Å². The molecule has 30 heavy (non-hydrogen) atoms. The van der Waals surface area contributed by atoms with Crippen molar-refractivity contribution in [3.8, 4) is 5.75 Å². The number of fused-ring (bicyclic) bond motifs is 1. The van der Waals surface area contributed by atoms with Gasteiger partial charge < -0.3 is 10.1 Å². The van der Waals surface area contributed by atoms with E-state index in [1.165, 1.54) is 11.6 Å². The molecule has 0 bridgehead atoms. The topological polar surface area (TPSA) is 83.1 Å². The Kier molecular flexibility index (Phi) is 5.14. The van der Waals surface area contributed by atoms with Gasteiger partial charge in [-0.3, -0.25) is 18.5 Å². The Morgan fingerprint density at radius 2 is 1.63 bits per heavy atom. The summed E-state index contributed by atoms with van der Waals surface area (Å²) in [5.41, 5.74) is 2.04. The van der Waals surface area contributed by atoms with E-state index in [1.54, 1.807) is 14.2 Å². The predicted molar refractivity (Wildman–Crippen MR) is 116 cm³/mol. The number of rotatable bonds is 6. The molecule has 0 amide bonds. The lowest BCUT2D eigenvalue weighted by Crippen LogP contribution is -2.37. The van der Waals surface area contributed by atoms with Crippen molar-refractivity contribution in [2.75, 3.05) is 12.4 Å². The molecule has 2 heterocycles. The lowest BCUT2D eigenvalue weighted by atomic mass is 10.2. The van der Waals surface area contributed by atoms with Crippen molar-refractivity contribution < 1.29 is 4.74 Å². The number of hydrogen-bond donors (Lipinski definition) is 1. The van der Waals surface area contributed by atoms with Crippen molar-refractivity contribution in [3.63, 3.8) is 0 Å². The summed E-state index contributed by atoms with van der Waals surface area (Å²) in [6.45, 7) is 0.964. The van der Waals surface area contributed by atoms with Crippen LogP contribution in [0.4, 0.5) is 5.95 Å². The minimum absolute atomic E-state index is 0.358. The van der Waals surface area contributed by atoms with Crippen LogP contribution in [0.25, 0.3) is 11.2 Å². The van der Waals surface area contributed by atoms with Crippen molar-refractivity contribution in [2.24, 2.45) is 14.1 Å². The second-order valence-corrected chi connectivity index (χ2v) is 7.09. The van der Waals surface area contributed by atoms with Gasteiger partial charge in [-0.15, -0.1) is 0 Å². The number of benzene rings is 2. The monoisotopic (exact) mass is 405 g/mol. The summed E-state index contributed by atoms with van der Waals surface area (Å²) in [6, 6.07) is 17.5. The molecule has 0 aliphatic heterocycles. The van der Waals surface area contributed by atoms with Crippen LogP contribution in [0.5, 0.6) is 5.75 Å². The molecule has 4 aromatic rings. The maximum Gasteiger partial charge on any atom is 0.332 e. The third-order valence-electron chi connectivity index (χ3n) is 5.14. The van der Waals surface area contributed by atoms with E-state index in [2.05, 4.69) is 10.3 Å². The summed E-state index contributed by atoms with van der Waals surface area (Å²) in [7, 11) is 4.73. The minimum Gasteiger partial charge on any atom is -0.497 e. The Morgan fingerprint density at radius 3 is 2.30 bits per heavy atom. The molecule has 0 spiro atoms. The normalized spacial score (nSPS) is 11.0. The zero-order valence-electron chi connectivity index (χ0n) is 17.1. The standard InChI is InChI=1S/C22H23N5O3/c1-25-19-18(20(28)26(2)22(25)29)27(14-16-7-5-4-6-8-16)21(24-19)23-13-15-9-11-17(30-3)12-10-15/h4-12H,13-14H2,1-3H3,(H,23,24). The van der Waals surface area contributed by atoms with E-state index in [1.807, 2.05) is 59.2 Å². The summed E-state index contributed by atoms with van der Waals surface area (Å²) in [5, 5.41) is 3.32. The number of aromatic nitrogens is 4. The smallest absolute Gasteiger partial charge is 0.332 e. The van der Waals surface area contributed by atoms with Gasteiger partial charge in [-0.25, -0.2) is 4.79 Å². The summed E-state index contributed by atoms with van der Waals surface area (Å²) >= 11 is 0. The molecule has 8 nitrogen and oxygen atoms in total. The van der Waals surface area contributed by atoms with Crippen LogP contribution in [-0.4, -0.2) is 25.8 Å². The third kappa shape index (κ3) is 3.47. The molecule has 0 atom stereocenters. The largest absolute Gasteiger partial charge is 0.497 e. The van der Waals surface area contributed by atoms with Gasteiger partial charge in [-0.1, -0.05) is 42.5 Å². The van der Waals surface area contributed by atoms with Gasteiger partial charge in [0, 0.05) is 20.6 Å². The highest BCUT2D eigenvalue weighted by atomic mass is 16.5. The first-order valence-electron chi connectivity index (χ1n) is 9.56. The first-order valence-corrected chi connectivity index (χ1v) is 9.56. The highest BCUT2D eigenvalue weighted by Gasteiger charge is 2.19. The molecule has 8 heteroatoms. The summed E-state index contributed by atoms with van der Waals surface area (Å²) < 4.78 is 9.54. The van der Waals surface area contributed by atoms with Crippen LogP contribution in [-0.2, 0) is 27.2 Å². The first kappa shape index (κ1) is 19.5. The summed E-state index contributed by atoms with van der Waals surface area (Å²) in [4.78, 5) is 29.9. The van der Waals surface area contributed by atoms with Crippen LogP contribution in [0.3, 0.4) is 0 Å². The molecular weight excluding hydrogens is 382 g/mol. The molecule has 0 unspecified atom stereocenters. The Morgan fingerprint density at radius 1 is 0.933 bits per heavy atom. The molecule has 0 aliphatic carbocycles. The third-order valence-corrected chi connectivity index (χ3v) is 5.14. The van der Waals surface area contributed by atoms with E-state index in [9.17, 15) is 9.59 Å². The fourth-order valence-electron chi connectivity index (χ4n) is 3.43. The number of nitrogens with zero attached hydrogens (tertiary/aromatic N) is 4. The summed E-state index contributed by atoms with van der Waals surface area (Å²) in [6.07, 6.45) is 0. The lowest BCUT2D eigenvalue weighted by molar-refractivity contribution is 0.414. The van der Waals surface area contributed by atoms with E-state index >= 15 is 0 Å². The Balaban J connectivity index is 1.79. The van der Waals surface area contributed by atoms with Crippen LogP contribution in [0.15, 0.2) is 64.2 Å². The van der Waals surface area contributed by atoms with Gasteiger partial charge in [0.15, 0.2) is 11.2 Å². The number of ether oxygens (including phenoxy) is 1. The molecule has 2 aromatic heterocycles. The second kappa shape index (κ2) is 7.90. The fourth-order valence-corrected chi connectivity index (χ4v) is 3.43. The predicted octanol–water partition coefficient (Wildman–Crippen LogP) is 2.10. The molecular formula is C22H23N5O3. The average molecular weight is 405 g/mol. The number of methoxy groups -OCH3 is 1. The quantitative estimate of drug-likeness (QED) is 0.531. The lowest BCUT2D eigenvalue weighted by Gasteiger charge is -2.11. The van der Waals surface area contributed by atoms with Crippen LogP contribution in [0.1, 0.15) is 11.1 Å². The average Bonchev–Trinajstić information content (AvgIpc) is 3.14. The maximum absolute atomic E-state index is 12.9. The molecule has 154 valence electrons. The van der Waals surface area contributed by atoms with Crippen molar-refractivity contribution in [1.82, 2.24) is 18.7 Å². The van der Waals surface area contributed by atoms with E-state index in [-0.39, 0.29) is 5.56 Å². The SMILES string of the molecule is COc1ccc(CNc2nc3c(c(=O)n(C)c(=O)n3C)n2Cc2ccccc2)cc1. The zero-order valence-corrected chi connectivity index (χ0v) is 17.1. The highest BCUT2D eigenvalue weighted by molar-refractivity contribution is 5.74. The Hall–Kier alpha value is -3.81. The Labute approximate surface area is 173 Å². The van der Waals surface area contributed by atoms with Crippen LogP contribution < -0.4 is 21.3 Å². The van der Waals surface area contributed by atoms with Crippen molar-refractivity contribution in [3.05, 3.63) is 86.6 Å². The number of aryl methyl sites for hydroxylation is 1. The fraction of sp³-hybridized carbons (Fsp3) is 0.227. The number of imidazole rings is 1. The second-order valence-electron chi connectivity index (χ2n) is 7.09. The van der Waals surface area contributed by atoms with E-state index in [0.29, 0.717) is 30.2 Å². The van der Waals surface area contributed by atoms with Gasteiger partial charge in [0.1, 0.15) is 5.75 Å². The van der Waals surface area contributed by atoms with Crippen LogP contribution in [0.2, 0.25) is 0 Å². The molecule has 2 aromatic carbocycles. The van der Waals surface area contributed by atoms with Crippen LogP contribution in [0, 0.1) is 0 Å². The van der Waals surface area contributed by atoms with Crippen molar-refractivity contribution in [2.45, 2.75) is 13.1 Å². The zero-order chi connectivity index (χ0) is 21.3. The van der Waals surface area contributed by atoms with E-state index < -0.39 is 5.69 Å². The first-order chi connectivity index (χ1) is 14.5. The van der Waals surface area contributed by atoms with Crippen LogP contribution >= 0.6 is 0 Å². The highest BCUT2D eigenvalue weighted by Crippen LogP contribution is 2.19. The number of nitrogens with one attached hydrogen (secondary N) is 1. The summed E-state index contributed by atoms with van der Waals surface area (Å²) in [5.74, 6) is 1.32. The Bertz CT molecular complexity index is 1300. The van der Waals surface area contributed by atoms with Crippen molar-refractivity contribution >= 4 is 17.1 Å². The molecule has 0 fully saturated rings. The van der Waals surface area contributed by atoms with E-state index in [0.717, 1.165) is 21.4 Å².